The van der Waals surface area contributed by atoms with E-state index in [1.807, 2.05) is 19.2 Å². The number of hydrogen-bond acceptors (Lipinski definition) is 5. The number of ether oxygens (including phenoxy) is 1. The fraction of sp³-hybridized carbons (Fsp3) is 0.647. The van der Waals surface area contributed by atoms with Crippen LogP contribution in [0.1, 0.15) is 13.8 Å². The second kappa shape index (κ2) is 8.36. The van der Waals surface area contributed by atoms with E-state index in [0.717, 1.165) is 38.5 Å². The molecule has 1 saturated heterocycles. The summed E-state index contributed by atoms with van der Waals surface area (Å²) in [5.41, 5.74) is 1.17. The summed E-state index contributed by atoms with van der Waals surface area (Å²) in [4.78, 5) is 4.70. The van der Waals surface area contributed by atoms with Crippen LogP contribution in [0.15, 0.2) is 24.3 Å². The van der Waals surface area contributed by atoms with Gasteiger partial charge in [0, 0.05) is 39.3 Å². The number of aliphatic hydroxyl groups is 1. The zero-order valence-corrected chi connectivity index (χ0v) is 14.0. The van der Waals surface area contributed by atoms with Crippen molar-refractivity contribution < 1.29 is 9.84 Å². The number of rotatable bonds is 7. The summed E-state index contributed by atoms with van der Waals surface area (Å²) in [5, 5.41) is 12.9. The van der Waals surface area contributed by atoms with Gasteiger partial charge in [0.1, 0.15) is 5.75 Å². The van der Waals surface area contributed by atoms with Crippen LogP contribution in [0.2, 0.25) is 0 Å². The Morgan fingerprint density at radius 3 is 2.50 bits per heavy atom. The van der Waals surface area contributed by atoms with Gasteiger partial charge in [0.05, 0.1) is 17.9 Å². The molecule has 5 nitrogen and oxygen atoms in total. The zero-order valence-electron chi connectivity index (χ0n) is 14.0. The molecule has 22 heavy (non-hydrogen) atoms. The van der Waals surface area contributed by atoms with Crippen molar-refractivity contribution in [3.8, 4) is 5.75 Å². The number of likely N-dealkylation sites (N-methyl/N-ethyl adjacent to an activating group) is 1. The molecular formula is C17H29N3O2. The molecule has 1 heterocycles. The molecule has 2 rings (SSSR count). The monoisotopic (exact) mass is 307 g/mol. The third-order valence-corrected chi connectivity index (χ3v) is 3.85. The molecule has 124 valence electrons. The average Bonchev–Trinajstić information content (AvgIpc) is 2.48. The maximum Gasteiger partial charge on any atom is 0.142 e. The van der Waals surface area contributed by atoms with Crippen molar-refractivity contribution in [3.63, 3.8) is 0 Å². The van der Waals surface area contributed by atoms with Crippen LogP contribution in [0.4, 0.5) is 5.69 Å². The molecule has 1 fully saturated rings. The topological polar surface area (TPSA) is 48.0 Å². The maximum atomic E-state index is 9.89. The summed E-state index contributed by atoms with van der Waals surface area (Å²) >= 11 is 0. The van der Waals surface area contributed by atoms with E-state index >= 15 is 0 Å². The number of β-amino-alcohol motifs (C(OH)–C–C–N with tert-alkyl or cyclic N) is 1. The zero-order chi connectivity index (χ0) is 15.9. The highest BCUT2D eigenvalue weighted by Crippen LogP contribution is 2.29. The summed E-state index contributed by atoms with van der Waals surface area (Å²) in [6, 6.07) is 8.25. The van der Waals surface area contributed by atoms with E-state index in [0.29, 0.717) is 6.54 Å². The van der Waals surface area contributed by atoms with Crippen molar-refractivity contribution in [1.29, 1.82) is 0 Å². The molecule has 1 aliphatic heterocycles. The Morgan fingerprint density at radius 1 is 1.18 bits per heavy atom. The number of nitrogens with one attached hydrogen (secondary N) is 1. The minimum absolute atomic E-state index is 0.180. The quantitative estimate of drug-likeness (QED) is 0.792. The number of nitrogens with zero attached hydrogens (tertiary/aromatic N) is 2. The van der Waals surface area contributed by atoms with Crippen LogP contribution in [0, 0.1) is 0 Å². The summed E-state index contributed by atoms with van der Waals surface area (Å²) in [6.45, 7) is 9.35. The van der Waals surface area contributed by atoms with Crippen LogP contribution >= 0.6 is 0 Å². The number of piperazine rings is 1. The Hall–Kier alpha value is -1.30. The van der Waals surface area contributed by atoms with Crippen molar-refractivity contribution in [2.45, 2.75) is 26.1 Å². The molecule has 1 aromatic carbocycles. The molecule has 2 N–H and O–H groups in total. The van der Waals surface area contributed by atoms with Crippen LogP contribution in [0.25, 0.3) is 0 Å². The van der Waals surface area contributed by atoms with Crippen molar-refractivity contribution in [3.05, 3.63) is 24.3 Å². The minimum atomic E-state index is -0.298. The minimum Gasteiger partial charge on any atom is -0.489 e. The van der Waals surface area contributed by atoms with E-state index in [-0.39, 0.29) is 12.2 Å². The predicted octanol–water partition coefficient (Wildman–Crippen LogP) is 1.18. The van der Waals surface area contributed by atoms with Crippen LogP contribution in [0.5, 0.6) is 5.75 Å². The predicted molar refractivity (Wildman–Crippen MR) is 90.8 cm³/mol. The Morgan fingerprint density at radius 2 is 1.86 bits per heavy atom. The van der Waals surface area contributed by atoms with Gasteiger partial charge in [-0.3, -0.25) is 4.90 Å². The molecular weight excluding hydrogens is 278 g/mol. The van der Waals surface area contributed by atoms with E-state index in [4.69, 9.17) is 4.74 Å². The fourth-order valence-electron chi connectivity index (χ4n) is 2.84. The Balaban J connectivity index is 1.91. The van der Waals surface area contributed by atoms with Crippen LogP contribution in [0.3, 0.4) is 0 Å². The molecule has 1 aliphatic rings. The maximum absolute atomic E-state index is 9.89. The molecule has 1 aromatic rings. The smallest absolute Gasteiger partial charge is 0.142 e. The van der Waals surface area contributed by atoms with Gasteiger partial charge in [-0.15, -0.1) is 0 Å². The molecule has 0 saturated carbocycles. The van der Waals surface area contributed by atoms with Gasteiger partial charge in [-0.25, -0.2) is 0 Å². The van der Waals surface area contributed by atoms with Crippen molar-refractivity contribution in [2.24, 2.45) is 0 Å². The first-order valence-electron chi connectivity index (χ1n) is 8.15. The lowest BCUT2D eigenvalue weighted by atomic mass is 10.2. The van der Waals surface area contributed by atoms with Crippen LogP contribution < -0.4 is 15.0 Å². The van der Waals surface area contributed by atoms with Crippen LogP contribution in [-0.2, 0) is 0 Å². The SMILES string of the molecule is CNC[C@H](O)CN1CCN(c2ccccc2OC(C)C)CC1. The number of para-hydroxylation sites is 2. The third-order valence-electron chi connectivity index (χ3n) is 3.85. The van der Waals surface area contributed by atoms with Gasteiger partial charge >= 0.3 is 0 Å². The summed E-state index contributed by atoms with van der Waals surface area (Å²) in [6.07, 6.45) is -0.118. The van der Waals surface area contributed by atoms with Gasteiger partial charge in [-0.2, -0.15) is 0 Å². The lowest BCUT2D eigenvalue weighted by Gasteiger charge is -2.37. The first kappa shape index (κ1) is 17.1. The van der Waals surface area contributed by atoms with Crippen molar-refractivity contribution >= 4 is 5.69 Å². The normalized spacial score (nSPS) is 17.8. The summed E-state index contributed by atoms with van der Waals surface area (Å²) in [7, 11) is 1.87. The molecule has 0 amide bonds. The molecule has 0 unspecified atom stereocenters. The standard InChI is InChI=1S/C17H29N3O2/c1-14(2)22-17-7-5-4-6-16(17)20-10-8-19(9-11-20)13-15(21)12-18-3/h4-7,14-15,18,21H,8-13H2,1-3H3/t15-/m0/s1. The molecule has 5 heteroatoms. The second-order valence-electron chi connectivity index (χ2n) is 6.13. The summed E-state index contributed by atoms with van der Waals surface area (Å²) < 4.78 is 5.92. The van der Waals surface area contributed by atoms with Gasteiger partial charge < -0.3 is 20.1 Å². The molecule has 1 atom stereocenters. The largest absolute Gasteiger partial charge is 0.489 e. The third kappa shape index (κ3) is 4.87. The molecule has 0 aromatic heterocycles. The first-order chi connectivity index (χ1) is 10.6. The highest BCUT2D eigenvalue weighted by Gasteiger charge is 2.21. The highest BCUT2D eigenvalue weighted by atomic mass is 16.5. The van der Waals surface area contributed by atoms with E-state index in [1.165, 1.54) is 5.69 Å². The van der Waals surface area contributed by atoms with Crippen molar-refractivity contribution in [1.82, 2.24) is 10.2 Å². The Kier molecular flexibility index (Phi) is 6.49. The molecule has 0 aliphatic carbocycles. The fourth-order valence-corrected chi connectivity index (χ4v) is 2.84. The molecule has 0 spiro atoms. The number of hydrogen-bond donors (Lipinski definition) is 2. The van der Waals surface area contributed by atoms with Gasteiger partial charge in [0.15, 0.2) is 0 Å². The average molecular weight is 307 g/mol. The van der Waals surface area contributed by atoms with E-state index in [1.54, 1.807) is 0 Å². The summed E-state index contributed by atoms with van der Waals surface area (Å²) in [5.74, 6) is 0.959. The first-order valence-corrected chi connectivity index (χ1v) is 8.15. The molecule has 0 bridgehead atoms. The molecule has 0 radical (unpaired) electrons. The Bertz CT molecular complexity index is 445. The second-order valence-corrected chi connectivity index (χ2v) is 6.13. The highest BCUT2D eigenvalue weighted by molar-refractivity contribution is 5.58. The van der Waals surface area contributed by atoms with E-state index in [9.17, 15) is 5.11 Å². The van der Waals surface area contributed by atoms with Gasteiger partial charge in [-0.05, 0) is 33.0 Å². The van der Waals surface area contributed by atoms with Gasteiger partial charge in [0.2, 0.25) is 0 Å². The van der Waals surface area contributed by atoms with Gasteiger partial charge in [-0.1, -0.05) is 12.1 Å². The van der Waals surface area contributed by atoms with Crippen molar-refractivity contribution in [2.75, 3.05) is 51.2 Å². The number of benzene rings is 1. The lowest BCUT2D eigenvalue weighted by Crippen LogP contribution is -2.49. The Labute approximate surface area is 133 Å². The van der Waals surface area contributed by atoms with E-state index in [2.05, 4.69) is 41.1 Å². The van der Waals surface area contributed by atoms with E-state index < -0.39 is 0 Å². The number of aliphatic hydroxyl groups excluding tert-OH is 1. The van der Waals surface area contributed by atoms with Gasteiger partial charge in [0.25, 0.3) is 0 Å². The van der Waals surface area contributed by atoms with Crippen LogP contribution in [-0.4, -0.2) is 68.5 Å². The lowest BCUT2D eigenvalue weighted by molar-refractivity contribution is 0.109. The number of anilines is 1.